The third-order valence-electron chi connectivity index (χ3n) is 6.65. The molecule has 5 atom stereocenters. The smallest absolute Gasteiger partial charge is 0.115 e. The van der Waals surface area contributed by atoms with Crippen LogP contribution >= 0.6 is 0 Å². The van der Waals surface area contributed by atoms with Crippen LogP contribution in [0.4, 0.5) is 0 Å². The van der Waals surface area contributed by atoms with Gasteiger partial charge in [-0.1, -0.05) is 18.1 Å². The summed E-state index contributed by atoms with van der Waals surface area (Å²) in [6, 6.07) is 5.78. The average molecular weight is 301 g/mol. The predicted molar refractivity (Wildman–Crippen MR) is 83.3 cm³/mol. The molecule has 1 aromatic carbocycles. The third kappa shape index (κ3) is 1.76. The molecule has 4 rings (SSSR count). The first-order chi connectivity index (χ1) is 10.5. The minimum Gasteiger partial charge on any atom is -0.508 e. The van der Waals surface area contributed by atoms with Crippen LogP contribution in [0.1, 0.15) is 49.7 Å². The van der Waals surface area contributed by atoms with E-state index in [-0.39, 0.29) is 5.41 Å². The van der Waals surface area contributed by atoms with Gasteiger partial charge in [0, 0.05) is 5.41 Å². The second kappa shape index (κ2) is 4.72. The molecular weight excluding hydrogens is 278 g/mol. The van der Waals surface area contributed by atoms with Crippen LogP contribution in [0.2, 0.25) is 0 Å². The van der Waals surface area contributed by atoms with Gasteiger partial charge in [-0.15, -0.1) is 0 Å². The van der Waals surface area contributed by atoms with E-state index in [2.05, 4.69) is 18.1 Å². The molecule has 4 heteroatoms. The minimum atomic E-state index is -0.607. The number of hydrogen-bond acceptors (Lipinski definition) is 4. The van der Waals surface area contributed by atoms with Gasteiger partial charge < -0.3 is 15.4 Å². The highest BCUT2D eigenvalue weighted by atomic mass is 16.4. The van der Waals surface area contributed by atoms with Gasteiger partial charge in [-0.2, -0.15) is 0 Å². The summed E-state index contributed by atoms with van der Waals surface area (Å²) < 4.78 is 0. The molecule has 1 aromatic rings. The molecular formula is C18H23NO3. The lowest BCUT2D eigenvalue weighted by Crippen LogP contribution is -2.44. The van der Waals surface area contributed by atoms with Crippen LogP contribution in [0.15, 0.2) is 23.4 Å². The summed E-state index contributed by atoms with van der Waals surface area (Å²) in [4.78, 5) is 0. The fourth-order valence-electron chi connectivity index (χ4n) is 5.45. The molecule has 0 radical (unpaired) electrons. The van der Waals surface area contributed by atoms with Crippen molar-refractivity contribution < 1.29 is 15.4 Å². The summed E-state index contributed by atoms with van der Waals surface area (Å²) >= 11 is 0. The van der Waals surface area contributed by atoms with E-state index in [0.717, 1.165) is 25.7 Å². The van der Waals surface area contributed by atoms with Crippen molar-refractivity contribution in [3.63, 3.8) is 0 Å². The Balaban J connectivity index is 1.72. The fraction of sp³-hybridized carbons (Fsp3) is 0.611. The van der Waals surface area contributed by atoms with Crippen LogP contribution < -0.4 is 0 Å². The second-order valence-corrected chi connectivity index (χ2v) is 7.54. The van der Waals surface area contributed by atoms with E-state index >= 15 is 0 Å². The lowest BCUT2D eigenvalue weighted by atomic mass is 9.55. The first-order valence-corrected chi connectivity index (χ1v) is 8.25. The summed E-state index contributed by atoms with van der Waals surface area (Å²) in [5, 5.41) is 32.8. The van der Waals surface area contributed by atoms with Crippen molar-refractivity contribution >= 4 is 5.71 Å². The number of nitrogens with zero attached hydrogens (tertiary/aromatic N) is 1. The highest BCUT2D eigenvalue weighted by Gasteiger charge is 2.57. The van der Waals surface area contributed by atoms with Gasteiger partial charge in [0.15, 0.2) is 0 Å². The van der Waals surface area contributed by atoms with E-state index in [1.165, 1.54) is 11.1 Å². The van der Waals surface area contributed by atoms with Crippen LogP contribution in [0, 0.1) is 17.3 Å². The quantitative estimate of drug-likeness (QED) is 0.509. The van der Waals surface area contributed by atoms with Crippen LogP contribution in [0.25, 0.3) is 0 Å². The zero-order chi connectivity index (χ0) is 15.5. The Hall–Kier alpha value is -1.55. The Labute approximate surface area is 130 Å². The minimum absolute atomic E-state index is 0.156. The number of benzene rings is 1. The number of aliphatic hydroxyl groups is 1. The molecule has 0 heterocycles. The summed E-state index contributed by atoms with van der Waals surface area (Å²) in [6.07, 6.45) is 4.20. The van der Waals surface area contributed by atoms with E-state index in [1.54, 1.807) is 6.07 Å². The Bertz CT molecular complexity index is 641. The van der Waals surface area contributed by atoms with Gasteiger partial charge >= 0.3 is 0 Å². The van der Waals surface area contributed by atoms with Gasteiger partial charge in [-0.25, -0.2) is 0 Å². The lowest BCUT2D eigenvalue weighted by Gasteiger charge is -2.49. The Morgan fingerprint density at radius 1 is 1.27 bits per heavy atom. The van der Waals surface area contributed by atoms with E-state index < -0.39 is 6.10 Å². The van der Waals surface area contributed by atoms with Gasteiger partial charge in [-0.05, 0) is 73.1 Å². The van der Waals surface area contributed by atoms with E-state index in [4.69, 9.17) is 0 Å². The molecule has 1 unspecified atom stereocenters. The Morgan fingerprint density at radius 2 is 2.09 bits per heavy atom. The number of aryl methyl sites for hydroxylation is 1. The number of phenolic OH excluding ortho intramolecular Hbond substituents is 1. The molecule has 22 heavy (non-hydrogen) atoms. The molecule has 3 aliphatic rings. The average Bonchev–Trinajstić information content (AvgIpc) is 2.78. The number of fused-ring (bicyclic) bond motifs is 5. The normalized spacial score (nSPS) is 41.8. The van der Waals surface area contributed by atoms with E-state index in [1.807, 2.05) is 6.07 Å². The summed E-state index contributed by atoms with van der Waals surface area (Å²) in [7, 11) is 0. The van der Waals surface area contributed by atoms with Crippen LogP contribution in [0.5, 0.6) is 5.75 Å². The summed E-state index contributed by atoms with van der Waals surface area (Å²) in [5.74, 6) is 1.77. The van der Waals surface area contributed by atoms with Crippen molar-refractivity contribution in [2.75, 3.05) is 0 Å². The Kier molecular flexibility index (Phi) is 3.02. The van der Waals surface area contributed by atoms with Crippen molar-refractivity contribution in [3.05, 3.63) is 29.3 Å². The number of aliphatic hydroxyl groups excluding tert-OH is 1. The molecule has 2 saturated carbocycles. The number of phenols is 1. The lowest BCUT2D eigenvalue weighted by molar-refractivity contribution is -0.0121. The fourth-order valence-corrected chi connectivity index (χ4v) is 5.45. The molecule has 0 aromatic heterocycles. The van der Waals surface area contributed by atoms with Gasteiger partial charge in [0.25, 0.3) is 0 Å². The maximum absolute atomic E-state index is 10.5. The standard InChI is InChI=1S/C18H23NO3/c1-18-7-6-13-12-5-3-11(20)8-10(12)2-4-14(13)15(18)9-16(19-22)17(18)21/h3,5,8,13-15,17,20-22H,2,4,6-7,9H2,1H3/b19-16+/t13-,14-,15+,17?,18+/m1/s1. The maximum atomic E-state index is 10.5. The first-order valence-electron chi connectivity index (χ1n) is 8.25. The van der Waals surface area contributed by atoms with Gasteiger partial charge in [0.05, 0.1) is 5.71 Å². The summed E-state index contributed by atoms with van der Waals surface area (Å²) in [5.41, 5.74) is 3.06. The zero-order valence-corrected chi connectivity index (χ0v) is 12.9. The van der Waals surface area contributed by atoms with E-state index in [9.17, 15) is 15.4 Å². The number of hydrogen-bond donors (Lipinski definition) is 3. The zero-order valence-electron chi connectivity index (χ0n) is 12.9. The molecule has 0 amide bonds. The van der Waals surface area contributed by atoms with Crippen molar-refractivity contribution in [3.8, 4) is 5.75 Å². The van der Waals surface area contributed by atoms with Crippen molar-refractivity contribution in [1.29, 1.82) is 0 Å². The number of aromatic hydroxyl groups is 1. The molecule has 3 N–H and O–H groups in total. The maximum Gasteiger partial charge on any atom is 0.115 e. The number of rotatable bonds is 0. The third-order valence-corrected chi connectivity index (χ3v) is 6.65. The van der Waals surface area contributed by atoms with Crippen LogP contribution in [-0.2, 0) is 6.42 Å². The molecule has 0 spiro atoms. The largest absolute Gasteiger partial charge is 0.508 e. The van der Waals surface area contributed by atoms with Gasteiger partial charge in [0.2, 0.25) is 0 Å². The molecule has 2 fully saturated rings. The predicted octanol–water partition coefficient (Wildman–Crippen LogP) is 3.05. The molecule has 4 nitrogen and oxygen atoms in total. The molecule has 0 aliphatic heterocycles. The molecule has 0 saturated heterocycles. The van der Waals surface area contributed by atoms with Crippen molar-refractivity contribution in [1.82, 2.24) is 0 Å². The van der Waals surface area contributed by atoms with Crippen molar-refractivity contribution in [2.24, 2.45) is 22.4 Å². The second-order valence-electron chi connectivity index (χ2n) is 7.54. The molecule has 0 bridgehead atoms. The highest BCUT2D eigenvalue weighted by Crippen LogP contribution is 2.60. The van der Waals surface area contributed by atoms with E-state index in [0.29, 0.717) is 35.6 Å². The van der Waals surface area contributed by atoms with Crippen LogP contribution in [-0.4, -0.2) is 27.2 Å². The number of oxime groups is 1. The van der Waals surface area contributed by atoms with Gasteiger partial charge in [0.1, 0.15) is 11.9 Å². The topological polar surface area (TPSA) is 73.1 Å². The van der Waals surface area contributed by atoms with Gasteiger partial charge in [-0.3, -0.25) is 0 Å². The SMILES string of the molecule is C[C@]12CC[C@@H]3c4ccc(O)cc4CC[C@H]3[C@@H]1C/C(=N\O)C2O. The Morgan fingerprint density at radius 3 is 2.86 bits per heavy atom. The van der Waals surface area contributed by atoms with Crippen molar-refractivity contribution in [2.45, 2.75) is 51.0 Å². The molecule has 3 aliphatic carbocycles. The van der Waals surface area contributed by atoms with Crippen LogP contribution in [0.3, 0.4) is 0 Å². The summed E-state index contributed by atoms with van der Waals surface area (Å²) in [6.45, 7) is 2.16. The first kappa shape index (κ1) is 14.1. The monoisotopic (exact) mass is 301 g/mol. The highest BCUT2D eigenvalue weighted by molar-refractivity contribution is 5.91. The molecule has 118 valence electrons.